The van der Waals surface area contributed by atoms with Crippen LogP contribution in [0.2, 0.25) is 0 Å². The number of fused-ring (bicyclic) bond motifs is 1. The molecule has 0 bridgehead atoms. The molecule has 1 fully saturated rings. The maximum Gasteiger partial charge on any atom is 0.263 e. The summed E-state index contributed by atoms with van der Waals surface area (Å²) in [7, 11) is 2.14. The van der Waals surface area contributed by atoms with E-state index >= 15 is 0 Å². The zero-order valence-electron chi connectivity index (χ0n) is 15.3. The zero-order valence-corrected chi connectivity index (χ0v) is 17.7. The smallest absolute Gasteiger partial charge is 0.263 e. The second kappa shape index (κ2) is 6.91. The summed E-state index contributed by atoms with van der Waals surface area (Å²) in [5.41, 5.74) is 2.23. The van der Waals surface area contributed by atoms with Crippen LogP contribution in [0, 0.1) is 13.8 Å². The minimum absolute atomic E-state index is 0.115. The maximum absolute atomic E-state index is 13.5. The van der Waals surface area contributed by atoms with Gasteiger partial charge in [0, 0.05) is 21.0 Å². The number of rotatable bonds is 2. The van der Waals surface area contributed by atoms with Crippen LogP contribution in [0.15, 0.2) is 33.5 Å². The summed E-state index contributed by atoms with van der Waals surface area (Å²) >= 11 is 5.11. The van der Waals surface area contributed by atoms with Crippen molar-refractivity contribution in [1.82, 2.24) is 14.5 Å². The molecule has 0 saturated carbocycles. The second-order valence-corrected chi connectivity index (χ2v) is 9.21. The first-order valence-corrected chi connectivity index (χ1v) is 10.5. The molecule has 2 aromatic heterocycles. The minimum atomic E-state index is 0.115. The van der Waals surface area contributed by atoms with Gasteiger partial charge in [-0.05, 0) is 64.5 Å². The molecule has 136 valence electrons. The van der Waals surface area contributed by atoms with Crippen molar-refractivity contribution in [3.8, 4) is 11.1 Å². The Bertz CT molecular complexity index is 1010. The Morgan fingerprint density at radius 1 is 1.15 bits per heavy atom. The van der Waals surface area contributed by atoms with Gasteiger partial charge in [0.05, 0.1) is 5.39 Å². The number of halogens is 1. The number of nitrogens with zero attached hydrogens (tertiary/aromatic N) is 3. The third kappa shape index (κ3) is 3.04. The van der Waals surface area contributed by atoms with Crippen LogP contribution in [0.1, 0.15) is 29.6 Å². The van der Waals surface area contributed by atoms with Crippen molar-refractivity contribution in [2.24, 2.45) is 0 Å². The summed E-state index contributed by atoms with van der Waals surface area (Å²) in [5.74, 6) is 0.834. The van der Waals surface area contributed by atoms with Crippen molar-refractivity contribution in [3.05, 3.63) is 49.8 Å². The average molecular weight is 432 g/mol. The van der Waals surface area contributed by atoms with Gasteiger partial charge >= 0.3 is 0 Å². The van der Waals surface area contributed by atoms with Gasteiger partial charge in [-0.3, -0.25) is 9.36 Å². The molecule has 1 aliphatic rings. The molecular weight excluding hydrogens is 410 g/mol. The van der Waals surface area contributed by atoms with Gasteiger partial charge in [0.1, 0.15) is 10.7 Å². The quantitative estimate of drug-likeness (QED) is 0.586. The third-order valence-corrected chi connectivity index (χ3v) is 6.82. The van der Waals surface area contributed by atoms with Gasteiger partial charge < -0.3 is 4.90 Å². The molecular formula is C20H22BrN3OS. The molecule has 0 atom stereocenters. The fraction of sp³-hybridized carbons (Fsp3) is 0.400. The SMILES string of the molecule is Cc1sc2nc(C)n(C3CCN(C)CC3)c(=O)c2c1-c1ccc(Br)cc1. The van der Waals surface area contributed by atoms with Crippen LogP contribution in [-0.4, -0.2) is 34.6 Å². The van der Waals surface area contributed by atoms with Crippen molar-refractivity contribution in [3.63, 3.8) is 0 Å². The number of piperidine rings is 1. The first kappa shape index (κ1) is 17.9. The molecule has 4 rings (SSSR count). The summed E-state index contributed by atoms with van der Waals surface area (Å²) < 4.78 is 2.99. The number of thiophene rings is 1. The summed E-state index contributed by atoms with van der Waals surface area (Å²) in [6, 6.07) is 8.42. The van der Waals surface area contributed by atoms with E-state index in [-0.39, 0.29) is 11.6 Å². The molecule has 0 N–H and O–H groups in total. The molecule has 3 aromatic rings. The fourth-order valence-corrected chi connectivity index (χ4v) is 5.27. The molecule has 1 aliphatic heterocycles. The molecule has 0 amide bonds. The third-order valence-electron chi connectivity index (χ3n) is 5.30. The van der Waals surface area contributed by atoms with Gasteiger partial charge in [0.2, 0.25) is 0 Å². The van der Waals surface area contributed by atoms with Gasteiger partial charge in [-0.1, -0.05) is 28.1 Å². The first-order valence-electron chi connectivity index (χ1n) is 8.92. The van der Waals surface area contributed by atoms with Gasteiger partial charge in [-0.25, -0.2) is 4.98 Å². The monoisotopic (exact) mass is 431 g/mol. The Hall–Kier alpha value is -1.50. The highest BCUT2D eigenvalue weighted by Crippen LogP contribution is 2.36. The largest absolute Gasteiger partial charge is 0.306 e. The van der Waals surface area contributed by atoms with E-state index in [0.717, 1.165) is 62.4 Å². The lowest BCUT2D eigenvalue weighted by atomic mass is 10.0. The molecule has 1 saturated heterocycles. The fourth-order valence-electron chi connectivity index (χ4n) is 3.92. The molecule has 26 heavy (non-hydrogen) atoms. The lowest BCUT2D eigenvalue weighted by Crippen LogP contribution is -2.36. The molecule has 0 radical (unpaired) electrons. The van der Waals surface area contributed by atoms with E-state index in [2.05, 4.69) is 46.9 Å². The van der Waals surface area contributed by atoms with E-state index in [4.69, 9.17) is 4.98 Å². The van der Waals surface area contributed by atoms with E-state index in [0.29, 0.717) is 0 Å². The van der Waals surface area contributed by atoms with Crippen LogP contribution in [-0.2, 0) is 0 Å². The average Bonchev–Trinajstić information content (AvgIpc) is 2.93. The summed E-state index contributed by atoms with van der Waals surface area (Å²) in [6.45, 7) is 6.10. The highest BCUT2D eigenvalue weighted by Gasteiger charge is 2.24. The summed E-state index contributed by atoms with van der Waals surface area (Å²) in [5, 5.41) is 0.777. The predicted octanol–water partition coefficient (Wildman–Crippen LogP) is 4.77. The molecule has 0 unspecified atom stereocenters. The molecule has 0 spiro atoms. The van der Waals surface area contributed by atoms with Gasteiger partial charge in [0.15, 0.2) is 0 Å². The van der Waals surface area contributed by atoms with Gasteiger partial charge in [-0.2, -0.15) is 0 Å². The van der Waals surface area contributed by atoms with Crippen molar-refractivity contribution < 1.29 is 0 Å². The highest BCUT2D eigenvalue weighted by molar-refractivity contribution is 9.10. The number of aryl methyl sites for hydroxylation is 2. The van der Waals surface area contributed by atoms with E-state index in [1.165, 1.54) is 0 Å². The Kier molecular flexibility index (Phi) is 4.75. The highest BCUT2D eigenvalue weighted by atomic mass is 79.9. The molecule has 4 nitrogen and oxygen atoms in total. The van der Waals surface area contributed by atoms with Crippen molar-refractivity contribution >= 4 is 37.5 Å². The molecule has 1 aromatic carbocycles. The van der Waals surface area contributed by atoms with Crippen LogP contribution in [0.25, 0.3) is 21.3 Å². The number of hydrogen-bond acceptors (Lipinski definition) is 4. The predicted molar refractivity (Wildman–Crippen MR) is 112 cm³/mol. The van der Waals surface area contributed by atoms with Crippen LogP contribution >= 0.6 is 27.3 Å². The Labute approximate surface area is 165 Å². The van der Waals surface area contributed by atoms with E-state index in [1.54, 1.807) is 11.3 Å². The normalized spacial score (nSPS) is 16.5. The van der Waals surface area contributed by atoms with Crippen molar-refractivity contribution in [2.75, 3.05) is 20.1 Å². The number of likely N-dealkylation sites (tertiary alicyclic amines) is 1. The lowest BCUT2D eigenvalue weighted by Gasteiger charge is -2.31. The van der Waals surface area contributed by atoms with E-state index in [1.807, 2.05) is 23.6 Å². The Balaban J connectivity index is 1.92. The lowest BCUT2D eigenvalue weighted by molar-refractivity contribution is 0.216. The van der Waals surface area contributed by atoms with Crippen LogP contribution in [0.3, 0.4) is 0 Å². The summed E-state index contributed by atoms with van der Waals surface area (Å²) in [4.78, 5) is 22.6. The van der Waals surface area contributed by atoms with Crippen LogP contribution in [0.5, 0.6) is 0 Å². The standard InChI is InChI=1S/C20H22BrN3OS/c1-12-17(14-4-6-15(21)7-5-14)18-19(26-12)22-13(2)24(20(18)25)16-8-10-23(3)11-9-16/h4-7,16H,8-11H2,1-3H3. The second-order valence-electron chi connectivity index (χ2n) is 7.09. The van der Waals surface area contributed by atoms with Crippen molar-refractivity contribution in [2.45, 2.75) is 32.7 Å². The zero-order chi connectivity index (χ0) is 18.4. The first-order chi connectivity index (χ1) is 12.5. The Morgan fingerprint density at radius 3 is 2.46 bits per heavy atom. The number of hydrogen-bond donors (Lipinski definition) is 0. The van der Waals surface area contributed by atoms with Crippen LogP contribution in [0.4, 0.5) is 0 Å². The van der Waals surface area contributed by atoms with Gasteiger partial charge in [-0.15, -0.1) is 11.3 Å². The van der Waals surface area contributed by atoms with Gasteiger partial charge in [0.25, 0.3) is 5.56 Å². The van der Waals surface area contributed by atoms with Crippen molar-refractivity contribution in [1.29, 1.82) is 0 Å². The van der Waals surface area contributed by atoms with E-state index in [9.17, 15) is 4.79 Å². The number of benzene rings is 1. The number of aromatic nitrogens is 2. The molecule has 6 heteroatoms. The minimum Gasteiger partial charge on any atom is -0.306 e. The maximum atomic E-state index is 13.5. The Morgan fingerprint density at radius 2 is 1.81 bits per heavy atom. The van der Waals surface area contributed by atoms with E-state index < -0.39 is 0 Å². The van der Waals surface area contributed by atoms with Crippen LogP contribution < -0.4 is 5.56 Å². The topological polar surface area (TPSA) is 38.1 Å². The molecule has 3 heterocycles. The summed E-state index contributed by atoms with van der Waals surface area (Å²) in [6.07, 6.45) is 2.00. The molecule has 0 aliphatic carbocycles.